The molecule has 132 valence electrons. The molecule has 1 saturated heterocycles. The van der Waals surface area contributed by atoms with Crippen LogP contribution in [0.2, 0.25) is 0 Å². The summed E-state index contributed by atoms with van der Waals surface area (Å²) in [5.41, 5.74) is 2.15. The fourth-order valence-corrected chi connectivity index (χ4v) is 4.42. The van der Waals surface area contributed by atoms with Gasteiger partial charge in [0.05, 0.1) is 6.61 Å². The molecule has 1 aromatic carbocycles. The SMILES string of the molecule is O=C(c1scc2c1OCCO2)N1CC[C@H](Cc2cccc(CO)c2)C1. The molecule has 5 nitrogen and oxygen atoms in total. The molecular weight excluding hydrogens is 338 g/mol. The van der Waals surface area contributed by atoms with Gasteiger partial charge < -0.3 is 19.5 Å². The zero-order valence-corrected chi connectivity index (χ0v) is 14.8. The summed E-state index contributed by atoms with van der Waals surface area (Å²) in [7, 11) is 0. The van der Waals surface area contributed by atoms with Crippen LogP contribution in [0.15, 0.2) is 29.6 Å². The lowest BCUT2D eigenvalue weighted by Gasteiger charge is -2.19. The van der Waals surface area contributed by atoms with Crippen molar-refractivity contribution in [3.05, 3.63) is 45.6 Å². The van der Waals surface area contributed by atoms with E-state index in [9.17, 15) is 9.90 Å². The van der Waals surface area contributed by atoms with Gasteiger partial charge in [0.25, 0.3) is 5.91 Å². The minimum Gasteiger partial charge on any atom is -0.485 e. The van der Waals surface area contributed by atoms with Crippen molar-refractivity contribution in [3.8, 4) is 11.5 Å². The molecule has 3 heterocycles. The third kappa shape index (κ3) is 3.37. The summed E-state index contributed by atoms with van der Waals surface area (Å²) >= 11 is 1.40. The molecule has 1 N–H and O–H groups in total. The molecule has 0 spiro atoms. The highest BCUT2D eigenvalue weighted by Gasteiger charge is 2.31. The number of thiophene rings is 1. The van der Waals surface area contributed by atoms with Gasteiger partial charge in [0.1, 0.15) is 18.1 Å². The van der Waals surface area contributed by atoms with Crippen LogP contribution in [0.1, 0.15) is 27.2 Å². The van der Waals surface area contributed by atoms with Crippen LogP contribution in [-0.2, 0) is 13.0 Å². The van der Waals surface area contributed by atoms with Crippen molar-refractivity contribution in [2.75, 3.05) is 26.3 Å². The minimum absolute atomic E-state index is 0.0448. The zero-order valence-electron chi connectivity index (χ0n) is 13.9. The topological polar surface area (TPSA) is 59.0 Å². The van der Waals surface area contributed by atoms with Gasteiger partial charge in [0, 0.05) is 18.5 Å². The number of likely N-dealkylation sites (tertiary alicyclic amines) is 1. The Morgan fingerprint density at radius 2 is 2.12 bits per heavy atom. The van der Waals surface area contributed by atoms with Crippen LogP contribution in [0.25, 0.3) is 0 Å². The van der Waals surface area contributed by atoms with Crippen LogP contribution < -0.4 is 9.47 Å². The van der Waals surface area contributed by atoms with Crippen LogP contribution in [0, 0.1) is 5.92 Å². The monoisotopic (exact) mass is 359 g/mol. The van der Waals surface area contributed by atoms with E-state index >= 15 is 0 Å². The van der Waals surface area contributed by atoms with Gasteiger partial charge in [0.2, 0.25) is 0 Å². The Hall–Kier alpha value is -2.05. The second-order valence-electron chi connectivity index (χ2n) is 6.54. The van der Waals surface area contributed by atoms with Crippen LogP contribution in [0.5, 0.6) is 11.5 Å². The normalized spacial score (nSPS) is 19.2. The number of aliphatic hydroxyl groups excluding tert-OH is 1. The predicted octanol–water partition coefficient (Wildman–Crippen LogP) is 2.72. The molecule has 0 aliphatic carbocycles. The average molecular weight is 359 g/mol. The summed E-state index contributed by atoms with van der Waals surface area (Å²) in [6.07, 6.45) is 1.93. The number of rotatable bonds is 4. The number of amides is 1. The molecule has 4 rings (SSSR count). The van der Waals surface area contributed by atoms with Gasteiger partial charge in [-0.3, -0.25) is 4.79 Å². The van der Waals surface area contributed by atoms with Crippen LogP contribution in [0.3, 0.4) is 0 Å². The summed E-state index contributed by atoms with van der Waals surface area (Å²) < 4.78 is 11.2. The summed E-state index contributed by atoms with van der Waals surface area (Å²) in [4.78, 5) is 15.4. The van der Waals surface area contributed by atoms with E-state index in [1.807, 2.05) is 28.5 Å². The zero-order chi connectivity index (χ0) is 17.2. The molecule has 0 bridgehead atoms. The lowest BCUT2D eigenvalue weighted by molar-refractivity contribution is 0.0783. The quantitative estimate of drug-likeness (QED) is 0.912. The molecule has 2 aromatic rings. The highest BCUT2D eigenvalue weighted by atomic mass is 32.1. The first-order valence-corrected chi connectivity index (χ1v) is 9.47. The van der Waals surface area contributed by atoms with Gasteiger partial charge >= 0.3 is 0 Å². The Kier molecular flexibility index (Phi) is 4.63. The maximum absolute atomic E-state index is 12.8. The molecule has 1 amide bonds. The summed E-state index contributed by atoms with van der Waals surface area (Å²) in [5.74, 6) is 1.80. The summed E-state index contributed by atoms with van der Waals surface area (Å²) in [6.45, 7) is 2.63. The van der Waals surface area contributed by atoms with Crippen LogP contribution in [-0.4, -0.2) is 42.2 Å². The van der Waals surface area contributed by atoms with Gasteiger partial charge in [-0.25, -0.2) is 0 Å². The highest BCUT2D eigenvalue weighted by molar-refractivity contribution is 7.12. The Labute approximate surface area is 150 Å². The first-order chi connectivity index (χ1) is 12.2. The second kappa shape index (κ2) is 7.06. The van der Waals surface area contributed by atoms with E-state index in [0.29, 0.717) is 35.5 Å². The lowest BCUT2D eigenvalue weighted by Crippen LogP contribution is -2.29. The second-order valence-corrected chi connectivity index (χ2v) is 7.42. The Morgan fingerprint density at radius 3 is 3.00 bits per heavy atom. The minimum atomic E-state index is 0.0448. The largest absolute Gasteiger partial charge is 0.485 e. The number of carbonyl (C=O) groups is 1. The van der Waals surface area contributed by atoms with Crippen molar-refractivity contribution in [2.45, 2.75) is 19.4 Å². The fraction of sp³-hybridized carbons (Fsp3) is 0.421. The molecule has 25 heavy (non-hydrogen) atoms. The Morgan fingerprint density at radius 1 is 1.28 bits per heavy atom. The van der Waals surface area contributed by atoms with Gasteiger partial charge in [-0.1, -0.05) is 24.3 Å². The Balaban J connectivity index is 1.42. The van der Waals surface area contributed by atoms with Gasteiger partial charge in [-0.05, 0) is 29.9 Å². The maximum atomic E-state index is 12.8. The molecular formula is C19H21NO4S. The fourth-order valence-electron chi connectivity index (χ4n) is 3.53. The number of nitrogens with zero attached hydrogens (tertiary/aromatic N) is 1. The van der Waals surface area contributed by atoms with E-state index in [4.69, 9.17) is 9.47 Å². The van der Waals surface area contributed by atoms with Gasteiger partial charge in [0.15, 0.2) is 11.5 Å². The number of ether oxygens (including phenoxy) is 2. The van der Waals surface area contributed by atoms with E-state index in [1.165, 1.54) is 16.9 Å². The van der Waals surface area contributed by atoms with Crippen molar-refractivity contribution < 1.29 is 19.4 Å². The number of fused-ring (bicyclic) bond motifs is 1. The number of carbonyl (C=O) groups excluding carboxylic acids is 1. The first kappa shape index (κ1) is 16.4. The van der Waals surface area contributed by atoms with E-state index in [-0.39, 0.29) is 12.5 Å². The average Bonchev–Trinajstić information content (AvgIpc) is 3.28. The molecule has 1 fully saturated rings. The summed E-state index contributed by atoms with van der Waals surface area (Å²) in [5, 5.41) is 11.1. The van der Waals surface area contributed by atoms with Gasteiger partial charge in [-0.15, -0.1) is 11.3 Å². The van der Waals surface area contributed by atoms with E-state index in [1.54, 1.807) is 0 Å². The molecule has 6 heteroatoms. The molecule has 0 radical (unpaired) electrons. The molecule has 0 saturated carbocycles. The van der Waals surface area contributed by atoms with E-state index in [0.717, 1.165) is 31.5 Å². The van der Waals surface area contributed by atoms with Crippen molar-refractivity contribution in [2.24, 2.45) is 5.92 Å². The smallest absolute Gasteiger partial charge is 0.267 e. The standard InChI is InChI=1S/C19H21NO4S/c21-11-15-3-1-2-13(9-15)8-14-4-5-20(10-14)19(22)18-17-16(12-25-18)23-6-7-24-17/h1-3,9,12,14,21H,4-8,10-11H2/t14-/m1/s1. The third-order valence-corrected chi connectivity index (χ3v) is 5.69. The van der Waals surface area contributed by atoms with Crippen molar-refractivity contribution in [3.63, 3.8) is 0 Å². The van der Waals surface area contributed by atoms with Crippen molar-refractivity contribution >= 4 is 17.2 Å². The molecule has 1 atom stereocenters. The lowest BCUT2D eigenvalue weighted by atomic mass is 9.97. The maximum Gasteiger partial charge on any atom is 0.267 e. The molecule has 2 aliphatic rings. The van der Waals surface area contributed by atoms with Crippen molar-refractivity contribution in [1.82, 2.24) is 4.90 Å². The van der Waals surface area contributed by atoms with Crippen LogP contribution in [0.4, 0.5) is 0 Å². The third-order valence-electron chi connectivity index (χ3n) is 4.77. The summed E-state index contributed by atoms with van der Waals surface area (Å²) in [6, 6.07) is 8.04. The number of hydrogen-bond acceptors (Lipinski definition) is 5. The van der Waals surface area contributed by atoms with Crippen molar-refractivity contribution in [1.29, 1.82) is 0 Å². The van der Waals surface area contributed by atoms with Gasteiger partial charge in [-0.2, -0.15) is 0 Å². The Bertz CT molecular complexity index is 773. The number of aliphatic hydroxyl groups is 1. The van der Waals surface area contributed by atoms with E-state index < -0.39 is 0 Å². The first-order valence-electron chi connectivity index (χ1n) is 8.59. The molecule has 2 aliphatic heterocycles. The molecule has 1 aromatic heterocycles. The number of benzene rings is 1. The van der Waals surface area contributed by atoms with E-state index in [2.05, 4.69) is 6.07 Å². The molecule has 0 unspecified atom stereocenters. The van der Waals surface area contributed by atoms with Crippen LogP contribution >= 0.6 is 11.3 Å². The highest BCUT2D eigenvalue weighted by Crippen LogP contribution is 2.40. The predicted molar refractivity (Wildman–Crippen MR) is 95.4 cm³/mol. The number of hydrogen-bond donors (Lipinski definition) is 1.